The van der Waals surface area contributed by atoms with Crippen LogP contribution in [0.25, 0.3) is 6.08 Å². The molecule has 4 aromatic rings. The van der Waals surface area contributed by atoms with Gasteiger partial charge in [0.1, 0.15) is 5.75 Å². The predicted molar refractivity (Wildman–Crippen MR) is 180 cm³/mol. The van der Waals surface area contributed by atoms with Gasteiger partial charge >= 0.3 is 0 Å². The number of hydrogen-bond acceptors (Lipinski definition) is 6. The van der Waals surface area contributed by atoms with Gasteiger partial charge in [0.2, 0.25) is 5.90 Å². The van der Waals surface area contributed by atoms with Crippen LogP contribution in [0, 0.1) is 0 Å². The average molecular weight is 645 g/mol. The normalized spacial score (nSPS) is 17.6. The van der Waals surface area contributed by atoms with E-state index in [1.807, 2.05) is 97.1 Å². The Bertz CT molecular complexity index is 1610. The molecule has 0 saturated heterocycles. The Labute approximate surface area is 273 Å². The SMILES string of the molecule is O=C(NNCCc1ccccc1)[C@@]1(C/C=C/c2ccccc2)N=C(c2ccc(OCCCO)cc2)O[C@H]1c1ccc(Cl)cc1Cl. The molecule has 1 heterocycles. The van der Waals surface area contributed by atoms with Crippen LogP contribution in [0.3, 0.4) is 0 Å². The van der Waals surface area contributed by atoms with Gasteiger partial charge in [-0.25, -0.2) is 10.4 Å². The number of ether oxygens (including phenoxy) is 2. The van der Waals surface area contributed by atoms with Crippen LogP contribution in [-0.2, 0) is 16.0 Å². The van der Waals surface area contributed by atoms with E-state index in [1.165, 1.54) is 0 Å². The monoisotopic (exact) mass is 643 g/mol. The minimum atomic E-state index is -1.41. The van der Waals surface area contributed by atoms with Crippen LogP contribution in [0.4, 0.5) is 0 Å². The van der Waals surface area contributed by atoms with Gasteiger partial charge < -0.3 is 14.6 Å². The molecule has 5 rings (SSSR count). The maximum absolute atomic E-state index is 14.3. The van der Waals surface area contributed by atoms with Crippen LogP contribution in [0.1, 0.15) is 41.2 Å². The van der Waals surface area contributed by atoms with Gasteiger partial charge in [-0.1, -0.05) is 102 Å². The van der Waals surface area contributed by atoms with E-state index < -0.39 is 11.6 Å². The second-order valence-electron chi connectivity index (χ2n) is 10.6. The van der Waals surface area contributed by atoms with Crippen LogP contribution in [0.15, 0.2) is 114 Å². The van der Waals surface area contributed by atoms with E-state index in [2.05, 4.69) is 10.9 Å². The Morgan fingerprint density at radius 2 is 1.71 bits per heavy atom. The largest absolute Gasteiger partial charge is 0.494 e. The quantitative estimate of drug-likeness (QED) is 0.102. The molecule has 0 saturated carbocycles. The summed E-state index contributed by atoms with van der Waals surface area (Å²) in [7, 11) is 0. The van der Waals surface area contributed by atoms with Gasteiger partial charge in [0.25, 0.3) is 5.91 Å². The Kier molecular flexibility index (Phi) is 11.3. The molecule has 1 aliphatic heterocycles. The Morgan fingerprint density at radius 1 is 0.978 bits per heavy atom. The number of amides is 1. The fourth-order valence-electron chi connectivity index (χ4n) is 5.05. The number of carbonyl (C=O) groups excluding carboxylic acids is 1. The summed E-state index contributed by atoms with van der Waals surface area (Å²) < 4.78 is 12.2. The van der Waals surface area contributed by atoms with Crippen molar-refractivity contribution in [1.29, 1.82) is 0 Å². The number of nitrogens with zero attached hydrogens (tertiary/aromatic N) is 1. The van der Waals surface area contributed by atoms with Crippen LogP contribution in [-0.4, -0.2) is 42.2 Å². The Balaban J connectivity index is 1.48. The molecule has 2 atom stereocenters. The standard InChI is InChI=1S/C36H35Cl2N3O4/c37-29-16-19-31(32(38)25-29)33-36(21-7-13-26-9-3-1-4-10-26,35(43)41-39-22-20-27-11-5-2-6-12-27)40-34(45-33)28-14-17-30(18-15-28)44-24-8-23-42/h1-7,9-19,25,33,39,42H,8,20-24H2,(H,41,43)/b13-7+/t33-,36-/m0/s1. The molecule has 1 amide bonds. The topological polar surface area (TPSA) is 92.2 Å². The summed E-state index contributed by atoms with van der Waals surface area (Å²) in [5.41, 5.74) is 8.01. The van der Waals surface area contributed by atoms with Gasteiger partial charge in [0.05, 0.1) is 6.61 Å². The molecule has 45 heavy (non-hydrogen) atoms. The third kappa shape index (κ3) is 8.32. The highest BCUT2D eigenvalue weighted by atomic mass is 35.5. The molecule has 0 unspecified atom stereocenters. The van der Waals surface area contributed by atoms with Gasteiger partial charge in [-0.3, -0.25) is 10.2 Å². The van der Waals surface area contributed by atoms with E-state index in [-0.39, 0.29) is 18.9 Å². The maximum atomic E-state index is 14.3. The van der Waals surface area contributed by atoms with E-state index in [0.717, 1.165) is 17.5 Å². The first-order valence-corrected chi connectivity index (χ1v) is 15.6. The van der Waals surface area contributed by atoms with Crippen LogP contribution < -0.4 is 15.6 Å². The second-order valence-corrected chi connectivity index (χ2v) is 11.4. The van der Waals surface area contributed by atoms with Gasteiger partial charge in [-0.05, 0) is 53.9 Å². The maximum Gasteiger partial charge on any atom is 0.266 e. The number of hydrazine groups is 1. The van der Waals surface area contributed by atoms with E-state index in [9.17, 15) is 4.79 Å². The second kappa shape index (κ2) is 15.7. The lowest BCUT2D eigenvalue weighted by molar-refractivity contribution is -0.129. The fourth-order valence-corrected chi connectivity index (χ4v) is 5.56. The zero-order valence-corrected chi connectivity index (χ0v) is 26.2. The molecule has 232 valence electrons. The molecule has 4 aromatic carbocycles. The number of hydrogen-bond donors (Lipinski definition) is 3. The summed E-state index contributed by atoms with van der Waals surface area (Å²) in [6, 6.07) is 32.3. The summed E-state index contributed by atoms with van der Waals surface area (Å²) in [5, 5.41) is 9.90. The molecule has 7 nitrogen and oxygen atoms in total. The number of halogens is 2. The summed E-state index contributed by atoms with van der Waals surface area (Å²) in [5.74, 6) is 0.601. The first-order valence-electron chi connectivity index (χ1n) is 14.8. The van der Waals surface area contributed by atoms with Crippen molar-refractivity contribution in [2.45, 2.75) is 30.9 Å². The van der Waals surface area contributed by atoms with Gasteiger partial charge in [0.15, 0.2) is 11.6 Å². The van der Waals surface area contributed by atoms with E-state index >= 15 is 0 Å². The predicted octanol–water partition coefficient (Wildman–Crippen LogP) is 6.98. The number of rotatable bonds is 14. The summed E-state index contributed by atoms with van der Waals surface area (Å²) in [6.45, 7) is 0.979. The first-order chi connectivity index (χ1) is 22.0. The Morgan fingerprint density at radius 3 is 2.42 bits per heavy atom. The molecule has 0 radical (unpaired) electrons. The zero-order chi connectivity index (χ0) is 31.5. The third-order valence-electron chi connectivity index (χ3n) is 7.40. The lowest BCUT2D eigenvalue weighted by atomic mass is 9.84. The van der Waals surface area contributed by atoms with Crippen molar-refractivity contribution in [2.75, 3.05) is 19.8 Å². The molecule has 0 aliphatic carbocycles. The van der Waals surface area contributed by atoms with Crippen molar-refractivity contribution in [1.82, 2.24) is 10.9 Å². The number of nitrogens with one attached hydrogen (secondary N) is 2. The number of aliphatic hydroxyl groups is 1. The number of aliphatic hydroxyl groups excluding tert-OH is 1. The smallest absolute Gasteiger partial charge is 0.266 e. The first kappa shape index (κ1) is 32.3. The van der Waals surface area contributed by atoms with Crippen molar-refractivity contribution in [2.24, 2.45) is 4.99 Å². The van der Waals surface area contributed by atoms with Crippen LogP contribution in [0.5, 0.6) is 5.75 Å². The highest BCUT2D eigenvalue weighted by Crippen LogP contribution is 2.45. The number of benzene rings is 4. The van der Waals surface area contributed by atoms with E-state index in [1.54, 1.807) is 18.2 Å². The van der Waals surface area contributed by atoms with E-state index in [0.29, 0.717) is 52.4 Å². The highest BCUT2D eigenvalue weighted by Gasteiger charge is 2.53. The lowest BCUT2D eigenvalue weighted by Crippen LogP contribution is -2.52. The molecular weight excluding hydrogens is 609 g/mol. The molecule has 0 fully saturated rings. The Hall–Kier alpha value is -4.14. The number of aliphatic imine (C=N–C) groups is 1. The molecule has 0 aromatic heterocycles. The third-order valence-corrected chi connectivity index (χ3v) is 7.96. The fraction of sp³-hybridized carbons (Fsp3) is 0.222. The van der Waals surface area contributed by atoms with Gasteiger partial charge in [-0.15, -0.1) is 0 Å². The number of carbonyl (C=O) groups is 1. The van der Waals surface area contributed by atoms with Gasteiger partial charge in [0, 0.05) is 47.2 Å². The summed E-state index contributed by atoms with van der Waals surface area (Å²) >= 11 is 13.0. The molecule has 0 spiro atoms. The van der Waals surface area contributed by atoms with Crippen molar-refractivity contribution >= 4 is 41.1 Å². The lowest BCUT2D eigenvalue weighted by Gasteiger charge is -2.30. The van der Waals surface area contributed by atoms with Crippen molar-refractivity contribution in [3.63, 3.8) is 0 Å². The summed E-state index contributed by atoms with van der Waals surface area (Å²) in [6.07, 6.45) is 4.53. The average Bonchev–Trinajstić information content (AvgIpc) is 3.45. The molecule has 0 bridgehead atoms. The minimum Gasteiger partial charge on any atom is -0.494 e. The zero-order valence-electron chi connectivity index (χ0n) is 24.7. The molecule has 1 aliphatic rings. The van der Waals surface area contributed by atoms with Gasteiger partial charge in [-0.2, -0.15) is 0 Å². The summed E-state index contributed by atoms with van der Waals surface area (Å²) in [4.78, 5) is 19.3. The highest BCUT2D eigenvalue weighted by molar-refractivity contribution is 6.35. The van der Waals surface area contributed by atoms with Crippen molar-refractivity contribution in [3.05, 3.63) is 142 Å². The van der Waals surface area contributed by atoms with Crippen LogP contribution in [0.2, 0.25) is 10.0 Å². The van der Waals surface area contributed by atoms with E-state index in [4.69, 9.17) is 42.8 Å². The molecule has 3 N–H and O–H groups in total. The minimum absolute atomic E-state index is 0.0569. The van der Waals surface area contributed by atoms with Crippen molar-refractivity contribution in [3.8, 4) is 5.75 Å². The molecular formula is C36H35Cl2N3O4. The van der Waals surface area contributed by atoms with Crippen LogP contribution >= 0.6 is 23.2 Å². The molecule has 9 heteroatoms. The van der Waals surface area contributed by atoms with Crippen molar-refractivity contribution < 1.29 is 19.4 Å².